The van der Waals surface area contributed by atoms with Gasteiger partial charge in [0.05, 0.1) is 30.3 Å². The monoisotopic (exact) mass is 665 g/mol. The van der Waals surface area contributed by atoms with E-state index < -0.39 is 17.9 Å². The lowest BCUT2D eigenvalue weighted by Crippen LogP contribution is -2.44. The maximum Gasteiger partial charge on any atom is 0.329 e. The van der Waals surface area contributed by atoms with Gasteiger partial charge >= 0.3 is 5.69 Å². The summed E-state index contributed by atoms with van der Waals surface area (Å²) in [6.07, 6.45) is 6.08. The van der Waals surface area contributed by atoms with Crippen molar-refractivity contribution in [3.63, 3.8) is 0 Å². The van der Waals surface area contributed by atoms with Crippen molar-refractivity contribution in [2.45, 2.75) is 76.5 Å². The number of primary amides is 1. The fourth-order valence-electron chi connectivity index (χ4n) is 5.77. The molecule has 13 heteroatoms. The maximum atomic E-state index is 12.9. The van der Waals surface area contributed by atoms with Crippen molar-refractivity contribution < 1.29 is 33.4 Å². The first-order valence-electron chi connectivity index (χ1n) is 16.6. The molecule has 1 saturated heterocycles. The van der Waals surface area contributed by atoms with Gasteiger partial charge in [-0.1, -0.05) is 30.3 Å². The summed E-state index contributed by atoms with van der Waals surface area (Å²) in [4.78, 5) is 58.6. The van der Waals surface area contributed by atoms with Crippen LogP contribution < -0.4 is 22.1 Å². The molecule has 0 bridgehead atoms. The number of imide groups is 1. The molecular formula is C35H47N5O8. The van der Waals surface area contributed by atoms with E-state index in [4.69, 9.17) is 19.9 Å². The molecule has 1 aromatic heterocycles. The molecule has 1 fully saturated rings. The third-order valence-corrected chi connectivity index (χ3v) is 8.41. The molecule has 4 N–H and O–H groups in total. The van der Waals surface area contributed by atoms with Crippen LogP contribution in [0.3, 0.4) is 0 Å². The van der Waals surface area contributed by atoms with Gasteiger partial charge in [0, 0.05) is 46.3 Å². The van der Waals surface area contributed by atoms with E-state index >= 15 is 0 Å². The smallest absolute Gasteiger partial charge is 0.329 e. The normalized spacial score (nSPS) is 15.4. The van der Waals surface area contributed by atoms with E-state index in [1.54, 1.807) is 11.6 Å². The number of ether oxygens (including phenoxy) is 3. The Hall–Kier alpha value is -4.33. The average Bonchev–Trinajstić information content (AvgIpc) is 3.31. The Labute approximate surface area is 280 Å². The van der Waals surface area contributed by atoms with Crippen LogP contribution in [-0.4, -0.2) is 72.3 Å². The molecule has 4 rings (SSSR count). The summed E-state index contributed by atoms with van der Waals surface area (Å²) in [5, 5.41) is 4.99. The number of imidazole rings is 1. The molecule has 0 spiro atoms. The number of nitrogens with one attached hydrogen (secondary N) is 2. The van der Waals surface area contributed by atoms with E-state index in [0.717, 1.165) is 48.7 Å². The van der Waals surface area contributed by atoms with Gasteiger partial charge in [0.15, 0.2) is 0 Å². The lowest BCUT2D eigenvalue weighted by Gasteiger charge is -2.21. The number of rotatable bonds is 22. The van der Waals surface area contributed by atoms with Gasteiger partial charge in [-0.2, -0.15) is 0 Å². The number of benzene rings is 2. The molecule has 4 amide bonds. The lowest BCUT2D eigenvalue weighted by molar-refractivity contribution is -0.135. The molecule has 1 aliphatic heterocycles. The van der Waals surface area contributed by atoms with Crippen molar-refractivity contribution in [3.8, 4) is 0 Å². The van der Waals surface area contributed by atoms with Gasteiger partial charge in [-0.3, -0.25) is 33.6 Å². The number of amides is 4. The van der Waals surface area contributed by atoms with E-state index in [0.29, 0.717) is 64.4 Å². The zero-order valence-corrected chi connectivity index (χ0v) is 27.6. The molecule has 0 aliphatic carbocycles. The van der Waals surface area contributed by atoms with Crippen LogP contribution in [0.5, 0.6) is 0 Å². The summed E-state index contributed by atoms with van der Waals surface area (Å²) < 4.78 is 20.3. The second-order valence-corrected chi connectivity index (χ2v) is 12.1. The Kier molecular flexibility index (Phi) is 14.3. The first-order valence-corrected chi connectivity index (χ1v) is 16.6. The van der Waals surface area contributed by atoms with Crippen molar-refractivity contribution in [1.29, 1.82) is 0 Å². The van der Waals surface area contributed by atoms with Crippen LogP contribution in [0.15, 0.2) is 47.3 Å². The highest BCUT2D eigenvalue weighted by atomic mass is 16.5. The number of hydrogen-bond acceptors (Lipinski definition) is 8. The van der Waals surface area contributed by atoms with E-state index in [1.807, 2.05) is 30.3 Å². The Balaban J connectivity index is 1.04. The van der Waals surface area contributed by atoms with Gasteiger partial charge in [-0.15, -0.1) is 0 Å². The van der Waals surface area contributed by atoms with Crippen LogP contribution in [0, 0.1) is 0 Å². The van der Waals surface area contributed by atoms with Crippen LogP contribution in [-0.2, 0) is 59.9 Å². The first-order chi connectivity index (χ1) is 23.3. The van der Waals surface area contributed by atoms with Crippen molar-refractivity contribution in [1.82, 2.24) is 19.8 Å². The Morgan fingerprint density at radius 1 is 0.938 bits per heavy atom. The van der Waals surface area contributed by atoms with Gasteiger partial charge in [0.25, 0.3) is 0 Å². The highest BCUT2D eigenvalue weighted by Crippen LogP contribution is 2.24. The Bertz CT molecular complexity index is 1580. The summed E-state index contributed by atoms with van der Waals surface area (Å²) in [7, 11) is 1.70. The lowest BCUT2D eigenvalue weighted by atomic mass is 10.1. The third-order valence-electron chi connectivity index (χ3n) is 8.41. The number of nitrogens with two attached hydrogens (primary N) is 1. The van der Waals surface area contributed by atoms with Gasteiger partial charge in [-0.05, 0) is 73.8 Å². The molecule has 2 atom stereocenters. The van der Waals surface area contributed by atoms with Gasteiger partial charge in [-0.25, -0.2) is 4.79 Å². The molecular weight excluding hydrogens is 618 g/mol. The molecule has 0 saturated carbocycles. The van der Waals surface area contributed by atoms with E-state index in [-0.39, 0.29) is 30.5 Å². The fourth-order valence-corrected chi connectivity index (χ4v) is 5.77. The number of aromatic nitrogens is 2. The number of aryl methyl sites for hydroxylation is 3. The Morgan fingerprint density at radius 2 is 1.58 bits per heavy atom. The fraction of sp³-hybridized carbons (Fsp3) is 0.514. The molecule has 1 unspecified atom stereocenters. The molecule has 3 aromatic rings. The number of fused-ring (bicyclic) bond motifs is 1. The molecule has 2 aromatic carbocycles. The number of piperidine rings is 1. The zero-order chi connectivity index (χ0) is 34.3. The summed E-state index contributed by atoms with van der Waals surface area (Å²) in [6.45, 7) is 3.30. The van der Waals surface area contributed by atoms with Gasteiger partial charge in [0.2, 0.25) is 24.1 Å². The SMILES string of the molecule is Cn1c(=O)n(C2CCC(=O)NC2=O)c2ccc(CCCOCCCOCCCc3ccc(COC[C@H](CCC(N)=O)NC=O)cc3)cc21. The van der Waals surface area contributed by atoms with Crippen LogP contribution in [0.4, 0.5) is 0 Å². The molecule has 1 aliphatic rings. The topological polar surface area (TPSA) is 173 Å². The summed E-state index contributed by atoms with van der Waals surface area (Å²) >= 11 is 0. The molecule has 48 heavy (non-hydrogen) atoms. The minimum Gasteiger partial charge on any atom is -0.381 e. The summed E-state index contributed by atoms with van der Waals surface area (Å²) in [5.74, 6) is -1.15. The summed E-state index contributed by atoms with van der Waals surface area (Å²) in [5.41, 5.74) is 9.70. The third kappa shape index (κ3) is 10.9. The average molecular weight is 666 g/mol. The van der Waals surface area contributed by atoms with Crippen LogP contribution in [0.2, 0.25) is 0 Å². The molecule has 0 radical (unpaired) electrons. The molecule has 13 nitrogen and oxygen atoms in total. The highest BCUT2D eigenvalue weighted by molar-refractivity contribution is 6.00. The first kappa shape index (κ1) is 36.5. The van der Waals surface area contributed by atoms with Gasteiger partial charge < -0.3 is 25.3 Å². The Morgan fingerprint density at radius 3 is 2.25 bits per heavy atom. The predicted octanol–water partition coefficient (Wildman–Crippen LogP) is 2.20. The van der Waals surface area contributed by atoms with Crippen LogP contribution in [0.1, 0.15) is 67.7 Å². The maximum absolute atomic E-state index is 12.9. The molecule has 260 valence electrons. The largest absolute Gasteiger partial charge is 0.381 e. The van der Waals surface area contributed by atoms with Crippen molar-refractivity contribution in [2.24, 2.45) is 12.8 Å². The van der Waals surface area contributed by atoms with E-state index in [2.05, 4.69) is 22.8 Å². The van der Waals surface area contributed by atoms with E-state index in [9.17, 15) is 24.0 Å². The standard InChI is InChI=1S/C35H47N5O8/c1-39-31-21-26(11-13-29(31)40(35(39)45)30-14-16-33(43)38-34(30)44)6-3-18-47-20-4-19-46-17-2-5-25-7-9-27(10-8-25)22-48-23-28(37-24-41)12-15-32(36)42/h7-11,13,21,24,28,30H,2-6,12,14-20,22-23H2,1H3,(H2,36,42)(H,37,41)(H,38,43,44)/t28-,30?/m0/s1. The number of carbonyl (C=O) groups is 4. The zero-order valence-electron chi connectivity index (χ0n) is 27.6. The number of nitrogens with zero attached hydrogens (tertiary/aromatic N) is 2. The molecule has 2 heterocycles. The van der Waals surface area contributed by atoms with Crippen molar-refractivity contribution in [3.05, 3.63) is 69.6 Å². The quantitative estimate of drug-likeness (QED) is 0.0833. The van der Waals surface area contributed by atoms with Crippen molar-refractivity contribution in [2.75, 3.05) is 33.0 Å². The minimum atomic E-state index is -0.686. The van der Waals surface area contributed by atoms with E-state index in [1.165, 1.54) is 10.1 Å². The minimum absolute atomic E-state index is 0.196. The second-order valence-electron chi connectivity index (χ2n) is 12.1. The van der Waals surface area contributed by atoms with Crippen LogP contribution in [0.25, 0.3) is 11.0 Å². The second kappa shape index (κ2) is 18.9. The predicted molar refractivity (Wildman–Crippen MR) is 179 cm³/mol. The summed E-state index contributed by atoms with van der Waals surface area (Å²) in [6, 6.07) is 13.1. The highest BCUT2D eigenvalue weighted by Gasteiger charge is 2.31. The van der Waals surface area contributed by atoms with Gasteiger partial charge in [0.1, 0.15) is 6.04 Å². The number of carbonyl (C=O) groups excluding carboxylic acids is 4. The van der Waals surface area contributed by atoms with Crippen LogP contribution >= 0.6 is 0 Å². The number of hydrogen-bond donors (Lipinski definition) is 3. The van der Waals surface area contributed by atoms with Crippen molar-refractivity contribution >= 4 is 35.2 Å².